The van der Waals surface area contributed by atoms with Gasteiger partial charge in [0, 0.05) is 43.9 Å². The number of hydrogen-bond donors (Lipinski definition) is 1. The topological polar surface area (TPSA) is 89.7 Å². The molecule has 0 saturated carbocycles. The highest BCUT2D eigenvalue weighted by Gasteiger charge is 2.23. The lowest BCUT2D eigenvalue weighted by Crippen LogP contribution is -2.36. The van der Waals surface area contributed by atoms with Crippen molar-refractivity contribution in [3.63, 3.8) is 0 Å². The molecular formula is C24H23ClN4O4. The Morgan fingerprint density at radius 3 is 2.79 bits per heavy atom. The molecule has 3 heterocycles. The fraction of sp³-hybridized carbons (Fsp3) is 0.292. The molecule has 1 fully saturated rings. The van der Waals surface area contributed by atoms with E-state index in [0.717, 1.165) is 22.3 Å². The lowest BCUT2D eigenvalue weighted by Gasteiger charge is -2.29. The Bertz CT molecular complexity index is 1350. The summed E-state index contributed by atoms with van der Waals surface area (Å²) in [6, 6.07) is 11.3. The van der Waals surface area contributed by atoms with Crippen LogP contribution in [0.2, 0.25) is 5.02 Å². The third kappa shape index (κ3) is 3.90. The largest absolute Gasteiger partial charge is 0.478 e. The molecule has 0 atom stereocenters. The summed E-state index contributed by atoms with van der Waals surface area (Å²) in [4.78, 5) is 23.6. The lowest BCUT2D eigenvalue weighted by atomic mass is 10.1. The maximum atomic E-state index is 12.2. The number of fused-ring (bicyclic) bond motifs is 2. The monoisotopic (exact) mass is 466 g/mol. The van der Waals surface area contributed by atoms with Gasteiger partial charge in [0.1, 0.15) is 11.3 Å². The first-order valence-electron chi connectivity index (χ1n) is 10.7. The van der Waals surface area contributed by atoms with Gasteiger partial charge < -0.3 is 19.5 Å². The number of pyridine rings is 1. The summed E-state index contributed by atoms with van der Waals surface area (Å²) in [6.45, 7) is 3.05. The van der Waals surface area contributed by atoms with Crippen molar-refractivity contribution < 1.29 is 19.4 Å². The van der Waals surface area contributed by atoms with E-state index < -0.39 is 5.97 Å². The van der Waals surface area contributed by atoms with Crippen molar-refractivity contribution in [3.05, 3.63) is 59.0 Å². The number of carboxylic acid groups (broad SMARTS) is 1. The van der Waals surface area contributed by atoms with Gasteiger partial charge in [0.25, 0.3) is 0 Å². The van der Waals surface area contributed by atoms with E-state index in [1.54, 1.807) is 25.4 Å². The number of methoxy groups -OCH3 is 1. The Morgan fingerprint density at radius 2 is 2.03 bits per heavy atom. The molecule has 0 bridgehead atoms. The second-order valence-corrected chi connectivity index (χ2v) is 8.25. The molecule has 0 aliphatic carbocycles. The van der Waals surface area contributed by atoms with Crippen molar-refractivity contribution in [1.29, 1.82) is 0 Å². The number of ether oxygens (including phenoxy) is 2. The third-order valence-corrected chi connectivity index (χ3v) is 6.20. The fourth-order valence-electron chi connectivity index (χ4n) is 4.33. The van der Waals surface area contributed by atoms with Gasteiger partial charge in [0.05, 0.1) is 47.1 Å². The summed E-state index contributed by atoms with van der Waals surface area (Å²) in [5.41, 5.74) is 3.68. The Morgan fingerprint density at radius 1 is 1.21 bits per heavy atom. The molecule has 170 valence electrons. The van der Waals surface area contributed by atoms with Gasteiger partial charge in [-0.15, -0.1) is 0 Å². The van der Waals surface area contributed by atoms with Crippen LogP contribution in [0.15, 0.2) is 42.6 Å². The minimum atomic E-state index is -1.01. The van der Waals surface area contributed by atoms with E-state index in [1.807, 2.05) is 28.8 Å². The Kier molecular flexibility index (Phi) is 5.88. The van der Waals surface area contributed by atoms with Crippen molar-refractivity contribution in [2.24, 2.45) is 0 Å². The lowest BCUT2D eigenvalue weighted by molar-refractivity contribution is 0.0699. The van der Waals surface area contributed by atoms with Crippen LogP contribution in [0.3, 0.4) is 0 Å². The first kappa shape index (κ1) is 21.6. The maximum Gasteiger partial charge on any atom is 0.338 e. The Balaban J connectivity index is 1.82. The summed E-state index contributed by atoms with van der Waals surface area (Å²) < 4.78 is 12.8. The predicted octanol–water partition coefficient (Wildman–Crippen LogP) is 3.95. The van der Waals surface area contributed by atoms with Crippen LogP contribution in [0.5, 0.6) is 0 Å². The third-order valence-electron chi connectivity index (χ3n) is 5.89. The van der Waals surface area contributed by atoms with Crippen LogP contribution >= 0.6 is 11.6 Å². The first-order chi connectivity index (χ1) is 16.1. The highest BCUT2D eigenvalue weighted by molar-refractivity contribution is 6.35. The number of anilines is 1. The quantitative estimate of drug-likeness (QED) is 0.460. The zero-order valence-corrected chi connectivity index (χ0v) is 18.9. The van der Waals surface area contributed by atoms with Gasteiger partial charge in [-0.3, -0.25) is 9.55 Å². The van der Waals surface area contributed by atoms with E-state index in [2.05, 4.69) is 9.88 Å². The van der Waals surface area contributed by atoms with E-state index >= 15 is 0 Å². The van der Waals surface area contributed by atoms with E-state index in [0.29, 0.717) is 61.2 Å². The SMILES string of the molecule is COCCc1nc2c(C(=O)O)cc(N3CCOCC3)cc2n1-c1ccnc2c(Cl)cccc12. The van der Waals surface area contributed by atoms with Gasteiger partial charge >= 0.3 is 5.97 Å². The minimum absolute atomic E-state index is 0.169. The number of nitrogens with zero attached hydrogens (tertiary/aromatic N) is 4. The van der Waals surface area contributed by atoms with Gasteiger partial charge in [-0.1, -0.05) is 23.7 Å². The summed E-state index contributed by atoms with van der Waals surface area (Å²) in [6.07, 6.45) is 2.22. The summed E-state index contributed by atoms with van der Waals surface area (Å²) in [5.74, 6) is -0.304. The zero-order valence-electron chi connectivity index (χ0n) is 18.1. The highest BCUT2D eigenvalue weighted by atomic mass is 35.5. The molecule has 2 aromatic carbocycles. The van der Waals surface area contributed by atoms with Crippen LogP contribution < -0.4 is 4.90 Å². The van der Waals surface area contributed by atoms with Crippen LogP contribution in [-0.4, -0.2) is 65.6 Å². The number of carbonyl (C=O) groups is 1. The van der Waals surface area contributed by atoms with Crippen molar-refractivity contribution in [2.75, 3.05) is 44.9 Å². The molecule has 33 heavy (non-hydrogen) atoms. The van der Waals surface area contributed by atoms with Crippen LogP contribution in [0, 0.1) is 0 Å². The maximum absolute atomic E-state index is 12.2. The number of para-hydroxylation sites is 1. The van der Waals surface area contributed by atoms with Gasteiger partial charge in [0.15, 0.2) is 0 Å². The number of imidazole rings is 1. The second-order valence-electron chi connectivity index (χ2n) is 7.84. The van der Waals surface area contributed by atoms with Crippen LogP contribution in [-0.2, 0) is 15.9 Å². The van der Waals surface area contributed by atoms with Crippen molar-refractivity contribution in [3.8, 4) is 5.69 Å². The highest BCUT2D eigenvalue weighted by Crippen LogP contribution is 2.33. The van der Waals surface area contributed by atoms with E-state index in [1.165, 1.54) is 0 Å². The molecule has 1 saturated heterocycles. The molecule has 2 aromatic heterocycles. The average Bonchev–Trinajstić information content (AvgIpc) is 3.20. The van der Waals surface area contributed by atoms with Gasteiger partial charge in [-0.2, -0.15) is 0 Å². The zero-order chi connectivity index (χ0) is 22.9. The number of halogens is 1. The molecule has 8 nitrogen and oxygen atoms in total. The number of rotatable bonds is 6. The van der Waals surface area contributed by atoms with Crippen molar-refractivity contribution in [2.45, 2.75) is 6.42 Å². The number of hydrogen-bond acceptors (Lipinski definition) is 6. The van der Waals surface area contributed by atoms with Crippen molar-refractivity contribution >= 4 is 45.2 Å². The summed E-state index contributed by atoms with van der Waals surface area (Å²) in [5, 5.41) is 11.4. The van der Waals surface area contributed by atoms with Gasteiger partial charge in [-0.05, 0) is 24.3 Å². The first-order valence-corrected chi connectivity index (χ1v) is 11.1. The summed E-state index contributed by atoms with van der Waals surface area (Å²) in [7, 11) is 1.63. The Labute approximate surface area is 195 Å². The number of aromatic nitrogens is 3. The average molecular weight is 467 g/mol. The van der Waals surface area contributed by atoms with Gasteiger partial charge in [-0.25, -0.2) is 9.78 Å². The van der Waals surface area contributed by atoms with Gasteiger partial charge in [0.2, 0.25) is 0 Å². The van der Waals surface area contributed by atoms with Crippen molar-refractivity contribution in [1.82, 2.24) is 14.5 Å². The summed E-state index contributed by atoms with van der Waals surface area (Å²) >= 11 is 6.42. The Hall–Kier alpha value is -3.20. The molecular weight excluding hydrogens is 444 g/mol. The smallest absolute Gasteiger partial charge is 0.338 e. The molecule has 9 heteroatoms. The molecule has 4 aromatic rings. The van der Waals surface area contributed by atoms with E-state index in [-0.39, 0.29) is 5.56 Å². The molecule has 1 N–H and O–H groups in total. The molecule has 1 aliphatic rings. The number of morpholine rings is 1. The van der Waals surface area contributed by atoms with Crippen LogP contribution in [0.25, 0.3) is 27.6 Å². The minimum Gasteiger partial charge on any atom is -0.478 e. The fourth-order valence-corrected chi connectivity index (χ4v) is 4.55. The van der Waals surface area contributed by atoms with E-state index in [4.69, 9.17) is 26.1 Å². The predicted molar refractivity (Wildman–Crippen MR) is 127 cm³/mol. The standard InChI is InChI=1S/C24H23ClN4O4/c1-32-10-6-21-27-23-17(24(30)31)13-15(28-8-11-33-12-9-28)14-20(23)29(21)19-5-7-26-22-16(19)3-2-4-18(22)25/h2-5,7,13-14H,6,8-12H2,1H3,(H,30,31). The molecule has 0 unspecified atom stereocenters. The van der Waals surface area contributed by atoms with Crippen LogP contribution in [0.4, 0.5) is 5.69 Å². The molecule has 0 amide bonds. The molecule has 1 aliphatic heterocycles. The molecule has 0 radical (unpaired) electrons. The number of aromatic carboxylic acids is 1. The van der Waals surface area contributed by atoms with Crippen LogP contribution in [0.1, 0.15) is 16.2 Å². The number of carboxylic acids is 1. The molecule has 5 rings (SSSR count). The normalized spacial score (nSPS) is 14.3. The molecule has 0 spiro atoms. The number of benzene rings is 2. The van der Waals surface area contributed by atoms with E-state index in [9.17, 15) is 9.90 Å². The second kappa shape index (κ2) is 8.97.